The van der Waals surface area contributed by atoms with Crippen molar-refractivity contribution in [3.63, 3.8) is 0 Å². The number of hydrogen-bond donors (Lipinski definition) is 2. The zero-order chi connectivity index (χ0) is 57.8. The average Bonchev–Trinajstić information content (AvgIpc) is 3.34. The quantitative estimate of drug-likeness (QED) is 0.191. The Labute approximate surface area is 340 Å². The van der Waals surface area contributed by atoms with Crippen LogP contribution < -0.4 is 0 Å². The van der Waals surface area contributed by atoms with E-state index in [2.05, 4.69) is 0 Å². The Kier molecular flexibility index (Phi) is 2.88. The van der Waals surface area contributed by atoms with Gasteiger partial charge < -0.3 is 23.9 Å². The van der Waals surface area contributed by atoms with Crippen LogP contribution in [0.25, 0.3) is 93.6 Å². The minimum absolute atomic E-state index is 0.336. The Balaban J connectivity index is 1.41. The molecule has 11 rings (SSSR count). The average molecular weight is 708 g/mol. The van der Waals surface area contributed by atoms with Gasteiger partial charge in [-0.15, -0.1) is 0 Å². The summed E-state index contributed by atoms with van der Waals surface area (Å²) in [4.78, 5) is 0. The first-order valence-electron chi connectivity index (χ1n) is 28.7. The molecule has 250 valence electrons. The number of hydrogen-bond acceptors (Lipinski definition) is 2. The van der Waals surface area contributed by atoms with Crippen LogP contribution in [0.3, 0.4) is 0 Å². The first kappa shape index (κ1) is 13.7. The third kappa shape index (κ3) is 4.25. The minimum Gasteiger partial charge on any atom is -0.508 e. The van der Waals surface area contributed by atoms with Crippen LogP contribution in [-0.4, -0.2) is 23.9 Å². The lowest BCUT2D eigenvalue weighted by Crippen LogP contribution is -2.00. The number of para-hydroxylation sites is 4. The summed E-state index contributed by atoms with van der Waals surface area (Å²) < 4.78 is 235. The molecule has 3 heterocycles. The predicted octanol–water partition coefficient (Wildman–Crippen LogP) is 12.1. The van der Waals surface area contributed by atoms with Crippen LogP contribution >= 0.6 is 0 Å². The van der Waals surface area contributed by atoms with Gasteiger partial charge in [-0.05, 0) is 77.7 Å². The van der Waals surface area contributed by atoms with E-state index in [1.165, 1.54) is 0 Å². The van der Waals surface area contributed by atoms with Crippen LogP contribution in [0.2, 0.25) is 0 Å². The van der Waals surface area contributed by atoms with Crippen LogP contribution in [0.15, 0.2) is 175 Å². The summed E-state index contributed by atoms with van der Waals surface area (Å²) in [5.74, 6) is -2.27. The highest BCUT2D eigenvalue weighted by Gasteiger charge is 2.22. The SMILES string of the molecule is [2H]c1c([2H])c([2H])c(-c2cc(-n3c4c([2H])c([2H])c([2H])c([2H])c4c4c([2H])c([2H])c([2H])c([2H])c43)cc(-n3c4c([2H])c([2H])c([2H])c([2H])c4c4c(O)c(-n5c6c([2H])c([2H])c([2H])c([2H])c6c6c([2H])c([2H])c(O)c([2H])c65)c([2H])c([2H])c43)c2)c([2H])c1[2H]. The lowest BCUT2D eigenvalue weighted by atomic mass is 10.0. The van der Waals surface area contributed by atoms with Crippen molar-refractivity contribution in [3.8, 4) is 39.7 Å². The van der Waals surface area contributed by atoms with Crippen molar-refractivity contribution >= 4 is 65.4 Å². The van der Waals surface area contributed by atoms with Crippen LogP contribution in [0, 0.1) is 0 Å². The number of fused-ring (bicyclic) bond motifs is 9. The minimum atomic E-state index is -1.15. The molecule has 53 heavy (non-hydrogen) atoms. The van der Waals surface area contributed by atoms with E-state index in [0.29, 0.717) is 0 Å². The molecule has 0 amide bonds. The van der Waals surface area contributed by atoms with Gasteiger partial charge in [0.25, 0.3) is 0 Å². The van der Waals surface area contributed by atoms with Crippen molar-refractivity contribution < 1.29 is 45.9 Å². The lowest BCUT2D eigenvalue weighted by Gasteiger charge is -2.16. The molecule has 2 N–H and O–H groups in total. The van der Waals surface area contributed by atoms with Gasteiger partial charge >= 0.3 is 0 Å². The van der Waals surface area contributed by atoms with Crippen molar-refractivity contribution in [1.29, 1.82) is 0 Å². The zero-order valence-corrected chi connectivity index (χ0v) is 26.5. The van der Waals surface area contributed by atoms with Gasteiger partial charge in [-0.3, -0.25) is 0 Å². The van der Waals surface area contributed by atoms with Crippen LogP contribution in [0.5, 0.6) is 11.5 Å². The molecule has 5 heteroatoms. The molecule has 0 aliphatic rings. The number of rotatable bonds is 4. The first-order chi connectivity index (χ1) is 36.9. The van der Waals surface area contributed by atoms with Crippen LogP contribution in [-0.2, 0) is 0 Å². The summed E-state index contributed by atoms with van der Waals surface area (Å²) in [5.41, 5.74) is -5.84. The number of benzene rings is 8. The molecule has 8 aromatic carbocycles. The van der Waals surface area contributed by atoms with E-state index in [4.69, 9.17) is 27.4 Å². The molecule has 0 aliphatic carbocycles. The molecule has 0 radical (unpaired) electrons. The van der Waals surface area contributed by atoms with Gasteiger partial charge in [0, 0.05) is 44.3 Å². The van der Waals surface area contributed by atoms with Crippen LogP contribution in [0.4, 0.5) is 0 Å². The Bertz CT molecular complexity index is 4590. The third-order valence-electron chi connectivity index (χ3n) is 8.97. The fourth-order valence-electron chi connectivity index (χ4n) is 6.86. The molecule has 0 atom stereocenters. The Morgan fingerprint density at radius 2 is 0.868 bits per heavy atom. The van der Waals surface area contributed by atoms with Gasteiger partial charge in [-0.2, -0.15) is 0 Å². The summed E-state index contributed by atoms with van der Waals surface area (Å²) in [6.45, 7) is 0. The maximum absolute atomic E-state index is 12.9. The number of phenols is 2. The molecule has 3 aromatic heterocycles. The predicted molar refractivity (Wildman–Crippen MR) is 218 cm³/mol. The molecule has 11 aromatic rings. The summed E-state index contributed by atoms with van der Waals surface area (Å²) >= 11 is 0. The summed E-state index contributed by atoms with van der Waals surface area (Å²) in [5, 5.41) is 20.9. The number of nitrogens with zero attached hydrogens (tertiary/aromatic N) is 3. The highest BCUT2D eigenvalue weighted by Crippen LogP contribution is 2.44. The van der Waals surface area contributed by atoms with Gasteiger partial charge in [0.2, 0.25) is 0 Å². The van der Waals surface area contributed by atoms with Crippen molar-refractivity contribution in [2.75, 3.05) is 0 Å². The lowest BCUT2D eigenvalue weighted by molar-refractivity contribution is 0.475. The van der Waals surface area contributed by atoms with Gasteiger partial charge in [0.05, 0.1) is 79.8 Å². The summed E-state index contributed by atoms with van der Waals surface area (Å²) in [6, 6.07) is -18.6. The molecular formula is C48H31N3O2. The monoisotopic (exact) mass is 707 g/mol. The van der Waals surface area contributed by atoms with E-state index in [1.807, 2.05) is 0 Å². The van der Waals surface area contributed by atoms with E-state index in [0.717, 1.165) is 31.9 Å². The molecule has 5 nitrogen and oxygen atoms in total. The molecule has 0 saturated heterocycles. The van der Waals surface area contributed by atoms with Crippen LogP contribution in [0.1, 0.15) is 35.6 Å². The molecule has 0 fully saturated rings. The van der Waals surface area contributed by atoms with Crippen molar-refractivity contribution in [2.24, 2.45) is 0 Å². The fraction of sp³-hybridized carbons (Fsp3) is 0. The molecule has 0 saturated carbocycles. The molecule has 0 bridgehead atoms. The third-order valence-corrected chi connectivity index (χ3v) is 8.97. The second kappa shape index (κ2) is 11.1. The maximum atomic E-state index is 12.9. The normalized spacial score (nSPS) is 18.8. The Morgan fingerprint density at radius 3 is 1.49 bits per heavy atom. The Hall–Kier alpha value is -7.24. The Morgan fingerprint density at radius 1 is 0.377 bits per heavy atom. The highest BCUT2D eigenvalue weighted by atomic mass is 16.3. The highest BCUT2D eigenvalue weighted by molar-refractivity contribution is 6.15. The van der Waals surface area contributed by atoms with Gasteiger partial charge in [-0.25, -0.2) is 0 Å². The molecular weight excluding hydrogens is 651 g/mol. The maximum Gasteiger partial charge on any atom is 0.149 e. The topological polar surface area (TPSA) is 55.2 Å². The van der Waals surface area contributed by atoms with E-state index in [1.54, 1.807) is 0 Å². The van der Waals surface area contributed by atoms with E-state index >= 15 is 0 Å². The van der Waals surface area contributed by atoms with Crippen molar-refractivity contribution in [2.45, 2.75) is 0 Å². The molecule has 0 unspecified atom stereocenters. The first-order valence-corrected chi connectivity index (χ1v) is 15.7. The zero-order valence-electron chi connectivity index (χ0n) is 52.5. The van der Waals surface area contributed by atoms with E-state index < -0.39 is 251 Å². The van der Waals surface area contributed by atoms with Gasteiger partial charge in [0.1, 0.15) is 11.5 Å². The smallest absolute Gasteiger partial charge is 0.149 e. The number of aromatic hydroxyl groups is 2. The summed E-state index contributed by atoms with van der Waals surface area (Å²) in [7, 11) is 0. The van der Waals surface area contributed by atoms with Gasteiger partial charge in [0.15, 0.2) is 0 Å². The molecule has 0 aliphatic heterocycles. The summed E-state index contributed by atoms with van der Waals surface area (Å²) in [6.07, 6.45) is 0. The standard InChI is InChI=1S/C48H31N3O2/c52-34-22-23-38-37-16-6-10-20-42(37)51(46(38)29-34)45-25-24-44-47(48(45)53)39-17-7-11-21-43(39)50(44)33-27-31(30-12-2-1-3-13-30)26-32(28-33)49-40-18-8-4-14-35(40)36-15-5-9-19-41(36)49/h1-29,52-53H/i1D,2D,3D,4D,5D,6D,7D,8D,9D,10D,11D,12D,13D,14D,15D,16D,17D,18D,19D,20D,21D,22D,23D,24D,25D,29D. The van der Waals surface area contributed by atoms with E-state index in [-0.39, 0.29) is 11.3 Å². The fourth-order valence-corrected chi connectivity index (χ4v) is 6.86. The van der Waals surface area contributed by atoms with Crippen molar-refractivity contribution in [3.05, 3.63) is 175 Å². The van der Waals surface area contributed by atoms with Crippen molar-refractivity contribution in [1.82, 2.24) is 13.7 Å². The number of aromatic nitrogens is 3. The second-order valence-corrected chi connectivity index (χ2v) is 11.8. The number of phenolic OH excluding ortho intramolecular Hbond substituents is 2. The van der Waals surface area contributed by atoms with Gasteiger partial charge in [-0.1, -0.05) is 103 Å². The van der Waals surface area contributed by atoms with E-state index in [9.17, 15) is 18.4 Å². The largest absolute Gasteiger partial charge is 0.508 e. The second-order valence-electron chi connectivity index (χ2n) is 11.8. The molecule has 0 spiro atoms.